The van der Waals surface area contributed by atoms with Crippen molar-refractivity contribution in [1.29, 1.82) is 0 Å². The van der Waals surface area contributed by atoms with E-state index >= 15 is 0 Å². The fourth-order valence-corrected chi connectivity index (χ4v) is 1.35. The van der Waals surface area contributed by atoms with Crippen LogP contribution in [-0.2, 0) is 5.54 Å². The van der Waals surface area contributed by atoms with Crippen molar-refractivity contribution in [2.75, 3.05) is 14.2 Å². The maximum Gasteiger partial charge on any atom is 0.163 e. The first-order valence-corrected chi connectivity index (χ1v) is 4.61. The van der Waals surface area contributed by atoms with Gasteiger partial charge in [-0.1, -0.05) is 0 Å². The molecule has 1 aromatic carbocycles. The van der Waals surface area contributed by atoms with Gasteiger partial charge in [0, 0.05) is 17.2 Å². The van der Waals surface area contributed by atoms with Gasteiger partial charge in [-0.2, -0.15) is 0 Å². The highest BCUT2D eigenvalue weighted by molar-refractivity contribution is 5.45. The van der Waals surface area contributed by atoms with E-state index in [9.17, 15) is 4.39 Å². The first kappa shape index (κ1) is 11.8. The van der Waals surface area contributed by atoms with Crippen LogP contribution in [0, 0.1) is 5.82 Å². The van der Waals surface area contributed by atoms with Crippen molar-refractivity contribution in [3.63, 3.8) is 0 Å². The molecule has 0 atom stereocenters. The largest absolute Gasteiger partial charge is 0.493 e. The molecule has 3 nitrogen and oxygen atoms in total. The second-order valence-corrected chi connectivity index (χ2v) is 3.91. The predicted octanol–water partition coefficient (Wildman–Crippen LogP) is 2.04. The second kappa shape index (κ2) is 4.06. The third-order valence-corrected chi connectivity index (χ3v) is 2.17. The Morgan fingerprint density at radius 1 is 1.13 bits per heavy atom. The molecule has 2 N–H and O–H groups in total. The van der Waals surface area contributed by atoms with Crippen LogP contribution < -0.4 is 15.2 Å². The molecule has 0 aromatic heterocycles. The summed E-state index contributed by atoms with van der Waals surface area (Å²) in [6.45, 7) is 3.47. The van der Waals surface area contributed by atoms with Crippen molar-refractivity contribution in [1.82, 2.24) is 0 Å². The molecule has 84 valence electrons. The van der Waals surface area contributed by atoms with E-state index in [1.807, 2.05) is 0 Å². The van der Waals surface area contributed by atoms with Crippen LogP contribution >= 0.6 is 0 Å². The highest BCUT2D eigenvalue weighted by Crippen LogP contribution is 2.33. The molecule has 0 radical (unpaired) electrons. The van der Waals surface area contributed by atoms with Crippen molar-refractivity contribution >= 4 is 0 Å². The van der Waals surface area contributed by atoms with Crippen LogP contribution in [0.25, 0.3) is 0 Å². The summed E-state index contributed by atoms with van der Waals surface area (Å²) in [5, 5.41) is 0. The van der Waals surface area contributed by atoms with Crippen LogP contribution in [0.1, 0.15) is 19.4 Å². The molecule has 0 spiro atoms. The molecule has 1 aromatic rings. The topological polar surface area (TPSA) is 44.5 Å². The molecule has 1 rings (SSSR count). The van der Waals surface area contributed by atoms with E-state index in [1.54, 1.807) is 19.9 Å². The Morgan fingerprint density at radius 2 is 1.60 bits per heavy atom. The zero-order chi connectivity index (χ0) is 11.6. The van der Waals surface area contributed by atoms with Gasteiger partial charge < -0.3 is 15.2 Å². The summed E-state index contributed by atoms with van der Waals surface area (Å²) in [5.41, 5.74) is 5.49. The summed E-state index contributed by atoms with van der Waals surface area (Å²) >= 11 is 0. The van der Waals surface area contributed by atoms with Gasteiger partial charge >= 0.3 is 0 Å². The number of halogens is 1. The summed E-state index contributed by atoms with van der Waals surface area (Å²) in [6, 6.07) is 2.84. The number of methoxy groups -OCH3 is 2. The van der Waals surface area contributed by atoms with Gasteiger partial charge in [0.15, 0.2) is 11.5 Å². The molecule has 0 aliphatic carbocycles. The molecule has 0 fully saturated rings. The Hall–Kier alpha value is -1.29. The first-order valence-electron chi connectivity index (χ1n) is 4.61. The van der Waals surface area contributed by atoms with Gasteiger partial charge in [-0.3, -0.25) is 0 Å². The minimum Gasteiger partial charge on any atom is -0.493 e. The molecule has 15 heavy (non-hydrogen) atoms. The summed E-state index contributed by atoms with van der Waals surface area (Å²) in [7, 11) is 2.97. The van der Waals surface area contributed by atoms with Crippen LogP contribution in [0.5, 0.6) is 11.5 Å². The zero-order valence-electron chi connectivity index (χ0n) is 9.43. The van der Waals surface area contributed by atoms with Crippen molar-refractivity contribution in [3.05, 3.63) is 23.5 Å². The maximum absolute atomic E-state index is 13.6. The van der Waals surface area contributed by atoms with Gasteiger partial charge in [0.05, 0.1) is 14.2 Å². The summed E-state index contributed by atoms with van der Waals surface area (Å²) in [6.07, 6.45) is 0. The monoisotopic (exact) mass is 213 g/mol. The van der Waals surface area contributed by atoms with Crippen molar-refractivity contribution < 1.29 is 13.9 Å². The highest BCUT2D eigenvalue weighted by Gasteiger charge is 2.21. The summed E-state index contributed by atoms with van der Waals surface area (Å²) < 4.78 is 23.7. The van der Waals surface area contributed by atoms with Gasteiger partial charge in [-0.25, -0.2) is 4.39 Å². The fourth-order valence-electron chi connectivity index (χ4n) is 1.35. The Bertz CT molecular complexity index is 358. The summed E-state index contributed by atoms with van der Waals surface area (Å²) in [4.78, 5) is 0. The maximum atomic E-state index is 13.6. The molecule has 0 bridgehead atoms. The predicted molar refractivity (Wildman–Crippen MR) is 56.7 cm³/mol. The third-order valence-electron chi connectivity index (χ3n) is 2.17. The zero-order valence-corrected chi connectivity index (χ0v) is 9.43. The van der Waals surface area contributed by atoms with E-state index in [-0.39, 0.29) is 5.82 Å². The SMILES string of the molecule is COc1cc(F)c(C(C)(C)N)cc1OC. The first-order chi connectivity index (χ1) is 6.90. The number of nitrogens with two attached hydrogens (primary N) is 1. The quantitative estimate of drug-likeness (QED) is 0.835. The van der Waals surface area contributed by atoms with E-state index in [0.29, 0.717) is 17.1 Å². The lowest BCUT2D eigenvalue weighted by molar-refractivity contribution is 0.349. The minimum absolute atomic E-state index is 0.364. The molecule has 0 saturated heterocycles. The lowest BCUT2D eigenvalue weighted by Crippen LogP contribution is -2.29. The molecule has 0 aliphatic rings. The molecular weight excluding hydrogens is 197 g/mol. The van der Waals surface area contributed by atoms with Crippen LogP contribution in [0.2, 0.25) is 0 Å². The van der Waals surface area contributed by atoms with Gasteiger partial charge in [0.25, 0.3) is 0 Å². The lowest BCUT2D eigenvalue weighted by Gasteiger charge is -2.21. The molecular formula is C11H16FNO2. The number of benzene rings is 1. The fraction of sp³-hybridized carbons (Fsp3) is 0.455. The van der Waals surface area contributed by atoms with Crippen molar-refractivity contribution in [2.45, 2.75) is 19.4 Å². The van der Waals surface area contributed by atoms with Crippen molar-refractivity contribution in [2.24, 2.45) is 5.73 Å². The summed E-state index contributed by atoms with van der Waals surface area (Å²) in [5.74, 6) is 0.454. The molecule has 4 heteroatoms. The molecule has 0 aliphatic heterocycles. The molecule has 0 heterocycles. The van der Waals surface area contributed by atoms with E-state index in [4.69, 9.17) is 15.2 Å². The van der Waals surface area contributed by atoms with E-state index in [2.05, 4.69) is 0 Å². The van der Waals surface area contributed by atoms with Crippen LogP contribution in [0.3, 0.4) is 0 Å². The van der Waals surface area contributed by atoms with Gasteiger partial charge in [-0.05, 0) is 19.9 Å². The number of hydrogen-bond acceptors (Lipinski definition) is 3. The molecule has 0 unspecified atom stereocenters. The smallest absolute Gasteiger partial charge is 0.163 e. The van der Waals surface area contributed by atoms with Crippen LogP contribution in [0.15, 0.2) is 12.1 Å². The molecule has 0 amide bonds. The van der Waals surface area contributed by atoms with E-state index in [0.717, 1.165) is 0 Å². The van der Waals surface area contributed by atoms with Crippen LogP contribution in [0.4, 0.5) is 4.39 Å². The minimum atomic E-state index is -0.746. The Kier molecular flexibility index (Phi) is 3.19. The van der Waals surface area contributed by atoms with E-state index in [1.165, 1.54) is 20.3 Å². The normalized spacial score (nSPS) is 11.3. The Morgan fingerprint density at radius 3 is 2.00 bits per heavy atom. The Balaban J connectivity index is 3.32. The average molecular weight is 213 g/mol. The number of rotatable bonds is 3. The second-order valence-electron chi connectivity index (χ2n) is 3.91. The third kappa shape index (κ3) is 2.39. The van der Waals surface area contributed by atoms with Gasteiger partial charge in [0.1, 0.15) is 5.82 Å². The molecule has 0 saturated carbocycles. The highest BCUT2D eigenvalue weighted by atomic mass is 19.1. The standard InChI is InChI=1S/C11H16FNO2/c1-11(2,13)7-5-9(14-3)10(15-4)6-8(7)12/h5-6H,13H2,1-4H3. The lowest BCUT2D eigenvalue weighted by atomic mass is 9.94. The van der Waals surface area contributed by atoms with E-state index < -0.39 is 5.54 Å². The number of ether oxygens (including phenoxy) is 2. The van der Waals surface area contributed by atoms with Crippen molar-refractivity contribution in [3.8, 4) is 11.5 Å². The van der Waals surface area contributed by atoms with Gasteiger partial charge in [0.2, 0.25) is 0 Å². The average Bonchev–Trinajstić information content (AvgIpc) is 2.15. The van der Waals surface area contributed by atoms with Gasteiger partial charge in [-0.15, -0.1) is 0 Å². The Labute approximate surface area is 89.0 Å². The van der Waals surface area contributed by atoms with Crippen LogP contribution in [-0.4, -0.2) is 14.2 Å². The number of hydrogen-bond donors (Lipinski definition) is 1.